The lowest BCUT2D eigenvalue weighted by atomic mass is 10.0. The van der Waals surface area contributed by atoms with E-state index >= 15 is 0 Å². The molecule has 1 aliphatic rings. The van der Waals surface area contributed by atoms with Crippen LogP contribution in [0.1, 0.15) is 23.6 Å². The number of halogens is 1. The van der Waals surface area contributed by atoms with Gasteiger partial charge in [-0.05, 0) is 24.3 Å². The molecule has 0 radical (unpaired) electrons. The normalized spacial score (nSPS) is 19.6. The van der Waals surface area contributed by atoms with E-state index in [1.807, 2.05) is 0 Å². The minimum Gasteiger partial charge on any atom is -0.334 e. The fraction of sp³-hybridized carbons (Fsp3) is 0.222. The highest BCUT2D eigenvalue weighted by molar-refractivity contribution is 6.00. The largest absolute Gasteiger partial charge is 0.334 e. The number of likely N-dealkylation sites (tertiary alicyclic amines) is 1. The van der Waals surface area contributed by atoms with Gasteiger partial charge in [0.2, 0.25) is 5.91 Å². The second-order valence-electron chi connectivity index (χ2n) is 5.71. The third-order valence-corrected chi connectivity index (χ3v) is 4.22. The van der Waals surface area contributed by atoms with E-state index in [-0.39, 0.29) is 23.3 Å². The van der Waals surface area contributed by atoms with Gasteiger partial charge < -0.3 is 9.47 Å². The zero-order chi connectivity index (χ0) is 16.6. The van der Waals surface area contributed by atoms with Gasteiger partial charge in [0.25, 0.3) is 5.56 Å². The smallest absolute Gasteiger partial charge is 0.255 e. The predicted octanol–water partition coefficient (Wildman–Crippen LogP) is 2.51. The number of benzene rings is 1. The van der Waals surface area contributed by atoms with Crippen molar-refractivity contribution in [1.29, 1.82) is 0 Å². The molecule has 5 heteroatoms. The first-order valence-electron chi connectivity index (χ1n) is 7.37. The first-order valence-corrected chi connectivity index (χ1v) is 7.37. The number of nitrogens with zero attached hydrogens (tertiary/aromatic N) is 2. The highest BCUT2D eigenvalue weighted by Crippen LogP contribution is 2.34. The number of aryl methyl sites for hydroxylation is 1. The summed E-state index contributed by atoms with van der Waals surface area (Å²) in [5.41, 5.74) is 1.34. The molecule has 0 bridgehead atoms. The fourth-order valence-corrected chi connectivity index (χ4v) is 2.89. The van der Waals surface area contributed by atoms with Gasteiger partial charge in [0.05, 0.1) is 6.04 Å². The SMILES string of the molecule is CN1C(=O)/C(=C/c2ccccc2F)CC1c1cccn(C)c1=O. The van der Waals surface area contributed by atoms with Crippen molar-refractivity contribution in [3.63, 3.8) is 0 Å². The minimum atomic E-state index is -0.366. The van der Waals surface area contributed by atoms with Crippen LogP contribution < -0.4 is 5.56 Å². The molecule has 1 aliphatic heterocycles. The summed E-state index contributed by atoms with van der Waals surface area (Å²) in [5, 5.41) is 0. The number of carbonyl (C=O) groups is 1. The van der Waals surface area contributed by atoms with Gasteiger partial charge in [-0.1, -0.05) is 18.2 Å². The summed E-state index contributed by atoms with van der Waals surface area (Å²) >= 11 is 0. The van der Waals surface area contributed by atoms with E-state index < -0.39 is 0 Å². The van der Waals surface area contributed by atoms with Gasteiger partial charge in [0.15, 0.2) is 0 Å². The number of amides is 1. The van der Waals surface area contributed by atoms with Gasteiger partial charge in [-0.15, -0.1) is 0 Å². The molecule has 1 unspecified atom stereocenters. The van der Waals surface area contributed by atoms with Crippen LogP contribution in [0.15, 0.2) is 53.0 Å². The van der Waals surface area contributed by atoms with Crippen molar-refractivity contribution >= 4 is 12.0 Å². The van der Waals surface area contributed by atoms with Crippen molar-refractivity contribution in [3.8, 4) is 0 Å². The van der Waals surface area contributed by atoms with Crippen LogP contribution in [-0.2, 0) is 11.8 Å². The fourth-order valence-electron chi connectivity index (χ4n) is 2.89. The number of hydrogen-bond acceptors (Lipinski definition) is 2. The summed E-state index contributed by atoms with van der Waals surface area (Å²) in [5.74, 6) is -0.543. The van der Waals surface area contributed by atoms with Gasteiger partial charge in [-0.3, -0.25) is 9.59 Å². The van der Waals surface area contributed by atoms with Gasteiger partial charge in [-0.25, -0.2) is 4.39 Å². The van der Waals surface area contributed by atoms with Crippen molar-refractivity contribution in [1.82, 2.24) is 9.47 Å². The molecular weight excluding hydrogens is 295 g/mol. The van der Waals surface area contributed by atoms with Gasteiger partial charge >= 0.3 is 0 Å². The summed E-state index contributed by atoms with van der Waals surface area (Å²) in [6.45, 7) is 0. The lowest BCUT2D eigenvalue weighted by Crippen LogP contribution is -2.29. The standard InChI is InChI=1S/C18H17FN2O2/c1-20-9-5-7-14(18(20)23)16-11-13(17(22)21(16)2)10-12-6-3-4-8-15(12)19/h3-10,16H,11H2,1-2H3/b13-10+. The van der Waals surface area contributed by atoms with Crippen LogP contribution in [0, 0.1) is 5.82 Å². The maximum atomic E-state index is 13.8. The Hall–Kier alpha value is -2.69. The Morgan fingerprint density at radius 3 is 2.61 bits per heavy atom. The van der Waals surface area contributed by atoms with E-state index in [1.54, 1.807) is 61.6 Å². The number of hydrogen-bond donors (Lipinski definition) is 0. The zero-order valence-electron chi connectivity index (χ0n) is 13.0. The first kappa shape index (κ1) is 15.2. The molecule has 0 saturated carbocycles. The Morgan fingerprint density at radius 2 is 1.87 bits per heavy atom. The molecule has 118 valence electrons. The zero-order valence-corrected chi connectivity index (χ0v) is 13.0. The molecule has 3 rings (SSSR count). The quantitative estimate of drug-likeness (QED) is 0.800. The van der Waals surface area contributed by atoms with Gasteiger partial charge in [-0.2, -0.15) is 0 Å². The van der Waals surface area contributed by atoms with Crippen molar-refractivity contribution < 1.29 is 9.18 Å². The predicted molar refractivity (Wildman–Crippen MR) is 86.2 cm³/mol. The van der Waals surface area contributed by atoms with Crippen LogP contribution >= 0.6 is 0 Å². The number of rotatable bonds is 2. The number of carbonyl (C=O) groups excluding carboxylic acids is 1. The van der Waals surface area contributed by atoms with E-state index in [0.717, 1.165) is 0 Å². The Labute approximate surface area is 133 Å². The molecule has 4 nitrogen and oxygen atoms in total. The monoisotopic (exact) mass is 312 g/mol. The van der Waals surface area contributed by atoms with Crippen LogP contribution in [-0.4, -0.2) is 22.4 Å². The molecule has 0 spiro atoms. The van der Waals surface area contributed by atoms with Crippen LogP contribution in [0.2, 0.25) is 0 Å². The molecule has 1 atom stereocenters. The van der Waals surface area contributed by atoms with Crippen molar-refractivity contribution in [3.05, 3.63) is 75.5 Å². The van der Waals surface area contributed by atoms with Crippen LogP contribution in [0.3, 0.4) is 0 Å². The van der Waals surface area contributed by atoms with Crippen molar-refractivity contribution in [2.75, 3.05) is 7.05 Å². The highest BCUT2D eigenvalue weighted by Gasteiger charge is 2.35. The third kappa shape index (κ3) is 2.70. The molecule has 1 aromatic carbocycles. The summed E-state index contributed by atoms with van der Waals surface area (Å²) in [6.07, 6.45) is 3.64. The lowest BCUT2D eigenvalue weighted by molar-refractivity contribution is -0.124. The number of likely N-dealkylation sites (N-methyl/N-ethyl adjacent to an activating group) is 1. The second-order valence-corrected chi connectivity index (χ2v) is 5.71. The Balaban J connectivity index is 1.99. The van der Waals surface area contributed by atoms with E-state index in [2.05, 4.69) is 0 Å². The topological polar surface area (TPSA) is 42.3 Å². The van der Waals surface area contributed by atoms with Crippen LogP contribution in [0.5, 0.6) is 0 Å². The molecule has 23 heavy (non-hydrogen) atoms. The van der Waals surface area contributed by atoms with Crippen molar-refractivity contribution in [2.45, 2.75) is 12.5 Å². The molecule has 1 saturated heterocycles. The average molecular weight is 312 g/mol. The molecule has 1 aromatic heterocycles. The molecule has 0 aliphatic carbocycles. The van der Waals surface area contributed by atoms with E-state index in [0.29, 0.717) is 23.1 Å². The Kier molecular flexibility index (Phi) is 3.86. The molecule has 2 aromatic rings. The van der Waals surface area contributed by atoms with Crippen LogP contribution in [0.4, 0.5) is 4.39 Å². The van der Waals surface area contributed by atoms with Gasteiger partial charge in [0, 0.05) is 43.4 Å². The Bertz CT molecular complexity index is 854. The molecule has 2 heterocycles. The average Bonchev–Trinajstić information content (AvgIpc) is 2.81. The molecular formula is C18H17FN2O2. The maximum Gasteiger partial charge on any atom is 0.255 e. The molecule has 0 N–H and O–H groups in total. The number of aromatic nitrogens is 1. The van der Waals surface area contributed by atoms with Gasteiger partial charge in [0.1, 0.15) is 5.82 Å². The number of pyridine rings is 1. The first-order chi connectivity index (χ1) is 11.0. The molecule has 1 fully saturated rings. The van der Waals surface area contributed by atoms with Crippen LogP contribution in [0.25, 0.3) is 6.08 Å². The summed E-state index contributed by atoms with van der Waals surface area (Å²) in [7, 11) is 3.35. The summed E-state index contributed by atoms with van der Waals surface area (Å²) in [4.78, 5) is 26.2. The molecule has 1 amide bonds. The highest BCUT2D eigenvalue weighted by atomic mass is 19.1. The third-order valence-electron chi connectivity index (χ3n) is 4.22. The van der Waals surface area contributed by atoms with Crippen molar-refractivity contribution in [2.24, 2.45) is 7.05 Å². The maximum absolute atomic E-state index is 13.8. The Morgan fingerprint density at radius 1 is 1.13 bits per heavy atom. The minimum absolute atomic E-state index is 0.121. The van der Waals surface area contributed by atoms with E-state index in [4.69, 9.17) is 0 Å². The lowest BCUT2D eigenvalue weighted by Gasteiger charge is -2.19. The van der Waals surface area contributed by atoms with E-state index in [1.165, 1.54) is 10.6 Å². The summed E-state index contributed by atoms with van der Waals surface area (Å²) < 4.78 is 15.3. The van der Waals surface area contributed by atoms with E-state index in [9.17, 15) is 14.0 Å². The summed E-state index contributed by atoms with van der Waals surface area (Å²) in [6, 6.07) is 9.53. The second kappa shape index (κ2) is 5.83.